The van der Waals surface area contributed by atoms with Crippen LogP contribution in [-0.2, 0) is 4.79 Å². The van der Waals surface area contributed by atoms with Crippen molar-refractivity contribution in [1.29, 1.82) is 0 Å². The fourth-order valence-electron chi connectivity index (χ4n) is 3.42. The predicted molar refractivity (Wildman–Crippen MR) is 67.1 cm³/mol. The van der Waals surface area contributed by atoms with Crippen molar-refractivity contribution in [3.63, 3.8) is 0 Å². The molecule has 2 rings (SSSR count). The van der Waals surface area contributed by atoms with Gasteiger partial charge in [0.05, 0.1) is 0 Å². The van der Waals surface area contributed by atoms with E-state index in [0.717, 1.165) is 49.4 Å². The van der Waals surface area contributed by atoms with Crippen LogP contribution in [0.2, 0.25) is 0 Å². The third-order valence-corrected chi connectivity index (χ3v) is 4.53. The molecule has 2 aliphatic rings. The van der Waals surface area contributed by atoms with Crippen LogP contribution in [-0.4, -0.2) is 6.29 Å². The van der Waals surface area contributed by atoms with Crippen molar-refractivity contribution in [3.8, 4) is 0 Å². The van der Waals surface area contributed by atoms with Gasteiger partial charge in [-0.2, -0.15) is 0 Å². The van der Waals surface area contributed by atoms with E-state index in [0.29, 0.717) is 5.41 Å². The molecule has 16 heavy (non-hydrogen) atoms. The summed E-state index contributed by atoms with van der Waals surface area (Å²) in [5, 5.41) is 0. The molecule has 2 aliphatic carbocycles. The Bertz CT molecular complexity index is 335. The smallest absolute Gasteiger partial charge is 0.145 e. The van der Waals surface area contributed by atoms with E-state index >= 15 is 0 Å². The number of carbonyl (C=O) groups is 1. The van der Waals surface area contributed by atoms with Gasteiger partial charge in [0.25, 0.3) is 0 Å². The summed E-state index contributed by atoms with van der Waals surface area (Å²) in [5.74, 6) is 1.45. The maximum Gasteiger partial charge on any atom is 0.145 e. The second-order valence-corrected chi connectivity index (χ2v) is 6.04. The Morgan fingerprint density at radius 3 is 2.81 bits per heavy atom. The van der Waals surface area contributed by atoms with Crippen molar-refractivity contribution < 1.29 is 4.79 Å². The minimum atomic E-state index is 0.450. The number of carbonyl (C=O) groups excluding carboxylic acids is 1. The average molecular weight is 218 g/mol. The molecule has 1 nitrogen and oxygen atoms in total. The van der Waals surface area contributed by atoms with Crippen LogP contribution in [0.5, 0.6) is 0 Å². The summed E-state index contributed by atoms with van der Waals surface area (Å²) in [7, 11) is 0. The van der Waals surface area contributed by atoms with E-state index in [1.165, 1.54) is 12.0 Å². The highest BCUT2D eigenvalue weighted by atomic mass is 16.1. The second kappa shape index (κ2) is 4.20. The summed E-state index contributed by atoms with van der Waals surface area (Å²) >= 11 is 0. The third kappa shape index (κ3) is 2.00. The number of aldehydes is 1. The second-order valence-electron chi connectivity index (χ2n) is 6.04. The van der Waals surface area contributed by atoms with E-state index in [4.69, 9.17) is 0 Å². The van der Waals surface area contributed by atoms with E-state index < -0.39 is 0 Å². The predicted octanol–water partition coefficient (Wildman–Crippen LogP) is 3.90. The van der Waals surface area contributed by atoms with E-state index in [1.807, 2.05) is 0 Å². The monoisotopic (exact) mass is 218 g/mol. The average Bonchev–Trinajstić information content (AvgIpc) is 2.28. The molecule has 1 saturated carbocycles. The third-order valence-electron chi connectivity index (χ3n) is 4.53. The Morgan fingerprint density at radius 2 is 2.19 bits per heavy atom. The number of fused-ring (bicyclic) bond motifs is 1. The number of rotatable bonds is 1. The van der Waals surface area contributed by atoms with Crippen molar-refractivity contribution in [3.05, 3.63) is 23.8 Å². The summed E-state index contributed by atoms with van der Waals surface area (Å²) in [6.45, 7) is 8.94. The molecule has 0 radical (unpaired) electrons. The lowest BCUT2D eigenvalue weighted by Gasteiger charge is -2.53. The molecule has 0 N–H and O–H groups in total. The first kappa shape index (κ1) is 11.6. The molecule has 2 unspecified atom stereocenters. The first-order valence-corrected chi connectivity index (χ1v) is 6.36. The molecule has 0 saturated heterocycles. The normalized spacial score (nSPS) is 36.9. The molecule has 0 bridgehead atoms. The highest BCUT2D eigenvalue weighted by Crippen LogP contribution is 2.56. The highest BCUT2D eigenvalue weighted by molar-refractivity contribution is 5.73. The van der Waals surface area contributed by atoms with Crippen LogP contribution in [0.25, 0.3) is 0 Å². The molecule has 1 fully saturated rings. The molecule has 1 heteroatoms. The molecule has 0 heterocycles. The topological polar surface area (TPSA) is 17.1 Å². The van der Waals surface area contributed by atoms with Crippen LogP contribution < -0.4 is 0 Å². The van der Waals surface area contributed by atoms with Gasteiger partial charge in [-0.05, 0) is 54.9 Å². The van der Waals surface area contributed by atoms with Crippen LogP contribution in [0.3, 0.4) is 0 Å². The minimum absolute atomic E-state index is 0.450. The first-order chi connectivity index (χ1) is 7.54. The van der Waals surface area contributed by atoms with Crippen LogP contribution >= 0.6 is 0 Å². The summed E-state index contributed by atoms with van der Waals surface area (Å²) in [6, 6.07) is 0. The van der Waals surface area contributed by atoms with Gasteiger partial charge < -0.3 is 0 Å². The summed E-state index contributed by atoms with van der Waals surface area (Å²) < 4.78 is 0. The summed E-state index contributed by atoms with van der Waals surface area (Å²) in [6.07, 6.45) is 8.60. The Balaban J connectivity index is 2.13. The molecule has 0 aliphatic heterocycles. The zero-order chi connectivity index (χ0) is 11.8. The molecule has 0 amide bonds. The molecule has 0 aromatic rings. The van der Waals surface area contributed by atoms with E-state index in [2.05, 4.69) is 26.5 Å². The highest BCUT2D eigenvalue weighted by Gasteiger charge is 2.47. The summed E-state index contributed by atoms with van der Waals surface area (Å²) in [4.78, 5) is 10.9. The fourth-order valence-corrected chi connectivity index (χ4v) is 3.42. The van der Waals surface area contributed by atoms with Gasteiger partial charge in [-0.25, -0.2) is 0 Å². The molecule has 0 aromatic carbocycles. The Hall–Kier alpha value is -0.850. The van der Waals surface area contributed by atoms with Crippen LogP contribution in [0.1, 0.15) is 46.0 Å². The number of hydrogen-bond donors (Lipinski definition) is 0. The zero-order valence-corrected chi connectivity index (χ0v) is 10.5. The van der Waals surface area contributed by atoms with Crippen molar-refractivity contribution >= 4 is 6.29 Å². The molecular formula is C15H22O. The lowest BCUT2D eigenvalue weighted by atomic mass is 9.52. The zero-order valence-electron chi connectivity index (χ0n) is 10.5. The SMILES string of the molecule is C=C1CC/C=C(\C=O)CCC2C1CC2(C)C. The van der Waals surface area contributed by atoms with E-state index in [-0.39, 0.29) is 0 Å². The van der Waals surface area contributed by atoms with Gasteiger partial charge in [0, 0.05) is 0 Å². The van der Waals surface area contributed by atoms with Crippen molar-refractivity contribution in [2.45, 2.75) is 46.0 Å². The van der Waals surface area contributed by atoms with Gasteiger partial charge in [0.15, 0.2) is 0 Å². The number of allylic oxidation sites excluding steroid dienone is 3. The maximum atomic E-state index is 10.9. The first-order valence-electron chi connectivity index (χ1n) is 6.36. The largest absolute Gasteiger partial charge is 0.298 e. The van der Waals surface area contributed by atoms with Crippen LogP contribution in [0, 0.1) is 17.3 Å². The van der Waals surface area contributed by atoms with Crippen molar-refractivity contribution in [1.82, 2.24) is 0 Å². The molecular weight excluding hydrogens is 196 g/mol. The lowest BCUT2D eigenvalue weighted by Crippen LogP contribution is -2.44. The van der Waals surface area contributed by atoms with Gasteiger partial charge in [0.2, 0.25) is 0 Å². The van der Waals surface area contributed by atoms with Gasteiger partial charge >= 0.3 is 0 Å². The number of hydrogen-bond acceptors (Lipinski definition) is 1. The fraction of sp³-hybridized carbons (Fsp3) is 0.667. The quantitative estimate of drug-likeness (QED) is 0.482. The van der Waals surface area contributed by atoms with Gasteiger partial charge in [-0.3, -0.25) is 4.79 Å². The van der Waals surface area contributed by atoms with E-state index in [1.54, 1.807) is 0 Å². The maximum absolute atomic E-state index is 10.9. The van der Waals surface area contributed by atoms with Crippen molar-refractivity contribution in [2.75, 3.05) is 0 Å². The Kier molecular flexibility index (Phi) is 3.05. The lowest BCUT2D eigenvalue weighted by molar-refractivity contribution is -0.105. The Labute approximate surface area is 98.6 Å². The molecule has 0 aromatic heterocycles. The van der Waals surface area contributed by atoms with Gasteiger partial charge in [0.1, 0.15) is 6.29 Å². The van der Waals surface area contributed by atoms with Crippen LogP contribution in [0.4, 0.5) is 0 Å². The molecule has 88 valence electrons. The molecule has 2 atom stereocenters. The summed E-state index contributed by atoms with van der Waals surface area (Å²) in [5.41, 5.74) is 2.86. The van der Waals surface area contributed by atoms with Gasteiger partial charge in [-0.1, -0.05) is 32.1 Å². The van der Waals surface area contributed by atoms with Crippen LogP contribution in [0.15, 0.2) is 23.8 Å². The molecule has 0 spiro atoms. The minimum Gasteiger partial charge on any atom is -0.298 e. The standard InChI is InChI=1S/C15H22O/c1-11-5-4-6-12(10-16)7-8-14-13(11)9-15(14,2)3/h6,10,13-14H,1,4-5,7-9H2,2-3H3/b12-6-. The van der Waals surface area contributed by atoms with Crippen molar-refractivity contribution in [2.24, 2.45) is 17.3 Å². The van der Waals surface area contributed by atoms with E-state index in [9.17, 15) is 4.79 Å². The van der Waals surface area contributed by atoms with Gasteiger partial charge in [-0.15, -0.1) is 0 Å². The Morgan fingerprint density at radius 1 is 1.44 bits per heavy atom.